The molecular weight excluding hydrogens is 418 g/mol. The first-order chi connectivity index (χ1) is 15.3. The number of nitrogens with one attached hydrogen (secondary N) is 1. The number of ketones is 1. The van der Waals surface area contributed by atoms with Crippen LogP contribution in [0.1, 0.15) is 63.9 Å². The summed E-state index contributed by atoms with van der Waals surface area (Å²) in [6.45, 7) is 10.4. The Balaban J connectivity index is 2.42. The van der Waals surface area contributed by atoms with Crippen LogP contribution in [0.5, 0.6) is 0 Å². The van der Waals surface area contributed by atoms with E-state index in [0.717, 1.165) is 5.56 Å². The molecule has 0 fully saturated rings. The van der Waals surface area contributed by atoms with Crippen molar-refractivity contribution in [3.63, 3.8) is 0 Å². The molecule has 1 atom stereocenters. The van der Waals surface area contributed by atoms with Gasteiger partial charge in [0.05, 0.1) is 0 Å². The maximum absolute atomic E-state index is 13.3. The lowest BCUT2D eigenvalue weighted by atomic mass is 9.95. The first-order valence-corrected chi connectivity index (χ1v) is 10.9. The molecule has 0 aliphatic heterocycles. The number of amides is 1. The van der Waals surface area contributed by atoms with Crippen LogP contribution in [0.4, 0.5) is 4.79 Å². The molecule has 1 N–H and O–H groups in total. The second-order valence-electron chi connectivity index (χ2n) is 9.71. The summed E-state index contributed by atoms with van der Waals surface area (Å²) in [7, 11) is 0. The Morgan fingerprint density at radius 1 is 0.818 bits per heavy atom. The van der Waals surface area contributed by atoms with Gasteiger partial charge in [-0.3, -0.25) is 4.79 Å². The Kier molecular flexibility index (Phi) is 8.57. The average molecular weight is 452 g/mol. The Morgan fingerprint density at radius 2 is 1.33 bits per heavy atom. The van der Waals surface area contributed by atoms with E-state index in [0.29, 0.717) is 11.1 Å². The molecule has 0 saturated carbocycles. The van der Waals surface area contributed by atoms with Gasteiger partial charge in [-0.05, 0) is 53.2 Å². The van der Waals surface area contributed by atoms with Crippen molar-refractivity contribution < 1.29 is 23.9 Å². The molecule has 2 aromatic carbocycles. The number of rotatable bonds is 7. The summed E-state index contributed by atoms with van der Waals surface area (Å²) in [5.41, 5.74) is 0.138. The smallest absolute Gasteiger partial charge is 0.408 e. The summed E-state index contributed by atoms with van der Waals surface area (Å²) < 4.78 is 10.9. The van der Waals surface area contributed by atoms with Gasteiger partial charge in [0.1, 0.15) is 17.2 Å². The highest BCUT2D eigenvalue weighted by Gasteiger charge is 2.31. The summed E-state index contributed by atoms with van der Waals surface area (Å²) in [6.07, 6.45) is 0.907. The maximum atomic E-state index is 13.3. The molecule has 33 heavy (non-hydrogen) atoms. The molecular formula is C27H33NO5. The van der Waals surface area contributed by atoms with E-state index in [4.69, 9.17) is 9.47 Å². The SMILES string of the molecule is CC(C)(C)OC(=O)N[C@@H](C/C(=C\c1ccccc1)C(=O)c1ccccc1)C(=O)OC(C)(C)C. The molecule has 0 heterocycles. The number of benzene rings is 2. The van der Waals surface area contributed by atoms with Crippen molar-refractivity contribution in [2.75, 3.05) is 0 Å². The van der Waals surface area contributed by atoms with E-state index < -0.39 is 29.3 Å². The number of hydrogen-bond acceptors (Lipinski definition) is 5. The average Bonchev–Trinajstić information content (AvgIpc) is 2.71. The largest absolute Gasteiger partial charge is 0.458 e. The van der Waals surface area contributed by atoms with E-state index in [1.807, 2.05) is 36.4 Å². The first kappa shape index (κ1) is 25.8. The molecule has 0 saturated heterocycles. The van der Waals surface area contributed by atoms with Crippen LogP contribution in [0.2, 0.25) is 0 Å². The standard InChI is InChI=1S/C27H33NO5/c1-26(2,3)32-24(30)22(28-25(31)33-27(4,5)6)18-21(17-19-13-9-7-10-14-19)23(29)20-15-11-8-12-16-20/h7-17,22H,18H2,1-6H3,(H,28,31)/b21-17+/t22-/m0/s1. The molecule has 176 valence electrons. The first-order valence-electron chi connectivity index (χ1n) is 10.9. The topological polar surface area (TPSA) is 81.7 Å². The third-order valence-electron chi connectivity index (χ3n) is 4.27. The highest BCUT2D eigenvalue weighted by molar-refractivity contribution is 6.11. The Bertz CT molecular complexity index is 983. The molecule has 0 aliphatic rings. The van der Waals surface area contributed by atoms with Gasteiger partial charge in [0.2, 0.25) is 0 Å². The van der Waals surface area contributed by atoms with Crippen LogP contribution in [-0.2, 0) is 14.3 Å². The zero-order valence-electron chi connectivity index (χ0n) is 20.2. The van der Waals surface area contributed by atoms with E-state index in [1.54, 1.807) is 71.9 Å². The summed E-state index contributed by atoms with van der Waals surface area (Å²) >= 11 is 0. The van der Waals surface area contributed by atoms with Gasteiger partial charge in [-0.2, -0.15) is 0 Å². The molecule has 0 bridgehead atoms. The van der Waals surface area contributed by atoms with Gasteiger partial charge in [0, 0.05) is 17.6 Å². The van der Waals surface area contributed by atoms with Crippen molar-refractivity contribution in [1.82, 2.24) is 5.32 Å². The van der Waals surface area contributed by atoms with E-state index in [-0.39, 0.29) is 12.2 Å². The zero-order valence-corrected chi connectivity index (χ0v) is 20.2. The number of ether oxygens (including phenoxy) is 2. The molecule has 6 nitrogen and oxygen atoms in total. The van der Waals surface area contributed by atoms with Gasteiger partial charge in [-0.15, -0.1) is 0 Å². The van der Waals surface area contributed by atoms with Gasteiger partial charge < -0.3 is 14.8 Å². The number of carbonyl (C=O) groups is 3. The van der Waals surface area contributed by atoms with E-state index in [2.05, 4.69) is 5.32 Å². The maximum Gasteiger partial charge on any atom is 0.408 e. The molecule has 0 aliphatic carbocycles. The number of carbonyl (C=O) groups excluding carboxylic acids is 3. The van der Waals surface area contributed by atoms with Crippen LogP contribution >= 0.6 is 0 Å². The van der Waals surface area contributed by atoms with E-state index in [9.17, 15) is 14.4 Å². The zero-order chi connectivity index (χ0) is 24.6. The number of Topliss-reactive ketones (excluding diaryl/α,β-unsaturated/α-hetero) is 1. The summed E-state index contributed by atoms with van der Waals surface area (Å²) in [5, 5.41) is 2.59. The number of esters is 1. The minimum Gasteiger partial charge on any atom is -0.458 e. The molecule has 6 heteroatoms. The quantitative estimate of drug-likeness (QED) is 0.338. The summed E-state index contributed by atoms with van der Waals surface area (Å²) in [5.74, 6) is -0.882. The summed E-state index contributed by atoms with van der Waals surface area (Å²) in [6, 6.07) is 17.0. The predicted molar refractivity (Wildman–Crippen MR) is 129 cm³/mol. The van der Waals surface area contributed by atoms with Gasteiger partial charge in [-0.1, -0.05) is 60.7 Å². The number of hydrogen-bond donors (Lipinski definition) is 1. The Hall–Kier alpha value is -3.41. The molecule has 2 rings (SSSR count). The molecule has 0 spiro atoms. The van der Waals surface area contributed by atoms with Crippen LogP contribution in [0.15, 0.2) is 66.2 Å². The highest BCUT2D eigenvalue weighted by atomic mass is 16.6. The molecule has 1 amide bonds. The van der Waals surface area contributed by atoms with Crippen molar-refractivity contribution in [2.45, 2.75) is 65.2 Å². The fourth-order valence-corrected chi connectivity index (χ4v) is 2.98. The number of alkyl carbamates (subject to hydrolysis) is 1. The van der Waals surface area contributed by atoms with Crippen LogP contribution in [-0.4, -0.2) is 35.1 Å². The third-order valence-corrected chi connectivity index (χ3v) is 4.27. The predicted octanol–water partition coefficient (Wildman–Crippen LogP) is 5.58. The highest BCUT2D eigenvalue weighted by Crippen LogP contribution is 2.20. The van der Waals surface area contributed by atoms with Crippen LogP contribution in [0.25, 0.3) is 6.08 Å². The Morgan fingerprint density at radius 3 is 1.85 bits per heavy atom. The summed E-state index contributed by atoms with van der Waals surface area (Å²) in [4.78, 5) is 38.8. The second-order valence-corrected chi connectivity index (χ2v) is 9.71. The fourth-order valence-electron chi connectivity index (χ4n) is 2.98. The lowest BCUT2D eigenvalue weighted by Gasteiger charge is -2.26. The van der Waals surface area contributed by atoms with Gasteiger partial charge in [0.15, 0.2) is 5.78 Å². The lowest BCUT2D eigenvalue weighted by Crippen LogP contribution is -2.46. The second kappa shape index (κ2) is 10.9. The van der Waals surface area contributed by atoms with Gasteiger partial charge in [0.25, 0.3) is 0 Å². The molecule has 0 radical (unpaired) electrons. The van der Waals surface area contributed by atoms with Crippen molar-refractivity contribution in [1.29, 1.82) is 0 Å². The van der Waals surface area contributed by atoms with Gasteiger partial charge in [-0.25, -0.2) is 9.59 Å². The molecule has 2 aromatic rings. The van der Waals surface area contributed by atoms with Gasteiger partial charge >= 0.3 is 12.1 Å². The van der Waals surface area contributed by atoms with Crippen molar-refractivity contribution in [3.8, 4) is 0 Å². The van der Waals surface area contributed by atoms with Crippen LogP contribution < -0.4 is 5.32 Å². The minimum absolute atomic E-state index is 0.0588. The van der Waals surface area contributed by atoms with Crippen molar-refractivity contribution in [3.05, 3.63) is 77.4 Å². The molecule has 0 unspecified atom stereocenters. The van der Waals surface area contributed by atoms with Crippen molar-refractivity contribution in [2.24, 2.45) is 0 Å². The van der Waals surface area contributed by atoms with E-state index >= 15 is 0 Å². The lowest BCUT2D eigenvalue weighted by molar-refractivity contribution is -0.157. The minimum atomic E-state index is -1.11. The van der Waals surface area contributed by atoms with Crippen LogP contribution in [0.3, 0.4) is 0 Å². The normalized spacial score (nSPS) is 13.1. The monoisotopic (exact) mass is 451 g/mol. The Labute approximate surface area is 196 Å². The van der Waals surface area contributed by atoms with E-state index in [1.165, 1.54) is 0 Å². The van der Waals surface area contributed by atoms with Crippen molar-refractivity contribution >= 4 is 23.9 Å². The van der Waals surface area contributed by atoms with Crippen LogP contribution in [0, 0.1) is 0 Å². The fraction of sp³-hybridized carbons (Fsp3) is 0.370. The molecule has 0 aromatic heterocycles. The third kappa shape index (κ3) is 9.31.